The first-order valence-electron chi connectivity index (χ1n) is 13.7. The van der Waals surface area contributed by atoms with Gasteiger partial charge in [0.05, 0.1) is 0 Å². The first kappa shape index (κ1) is 37.9. The van der Waals surface area contributed by atoms with Crippen LogP contribution in [-0.4, -0.2) is 75.2 Å². The smallest absolute Gasteiger partial charge is 0.407 e. The Hall–Kier alpha value is -4.09. The normalized spacial score (nSPS) is 11.0. The minimum Gasteiger partial charge on any atom is -0.458 e. The third-order valence-corrected chi connectivity index (χ3v) is 5.33. The zero-order valence-corrected chi connectivity index (χ0v) is 25.3. The van der Waals surface area contributed by atoms with E-state index in [-0.39, 0.29) is 36.5 Å². The molecule has 0 fully saturated rings. The second-order valence-corrected chi connectivity index (χ2v) is 9.95. The molecule has 0 heterocycles. The summed E-state index contributed by atoms with van der Waals surface area (Å²) >= 11 is 0. The Bertz CT molecular complexity index is 959. The van der Waals surface area contributed by atoms with Gasteiger partial charge in [-0.1, -0.05) is 38.2 Å². The van der Waals surface area contributed by atoms with Gasteiger partial charge in [0.25, 0.3) is 0 Å². The van der Waals surface area contributed by atoms with Crippen molar-refractivity contribution < 1.29 is 47.7 Å². The van der Waals surface area contributed by atoms with Crippen LogP contribution in [-0.2, 0) is 38.1 Å². The minimum atomic E-state index is -1.01. The van der Waals surface area contributed by atoms with E-state index in [0.717, 1.165) is 18.4 Å². The van der Waals surface area contributed by atoms with Crippen molar-refractivity contribution in [1.29, 1.82) is 0 Å². The molecule has 0 aromatic rings. The first-order valence-corrected chi connectivity index (χ1v) is 13.7. The third kappa shape index (κ3) is 19.9. The summed E-state index contributed by atoms with van der Waals surface area (Å²) in [7, 11) is 0. The fourth-order valence-electron chi connectivity index (χ4n) is 2.95. The second kappa shape index (κ2) is 21.6. The molecule has 12 heteroatoms. The van der Waals surface area contributed by atoms with Crippen LogP contribution in [0.4, 0.5) is 9.59 Å². The summed E-state index contributed by atoms with van der Waals surface area (Å²) in [5.74, 6) is -1.87. The summed E-state index contributed by atoms with van der Waals surface area (Å²) in [6, 6.07) is 0. The molecule has 12 nitrogen and oxygen atoms in total. The fraction of sp³-hybridized carbons (Fsp3) is 0.567. The number of hydrogen-bond acceptors (Lipinski definition) is 10. The number of ether oxygens (including phenoxy) is 5. The maximum Gasteiger partial charge on any atom is 0.407 e. The Morgan fingerprint density at radius 2 is 0.929 bits per heavy atom. The molecule has 1 unspecified atom stereocenters. The number of hydrogen-bond donors (Lipinski definition) is 2. The van der Waals surface area contributed by atoms with E-state index in [4.69, 9.17) is 23.7 Å². The molecule has 0 saturated carbocycles. The van der Waals surface area contributed by atoms with Gasteiger partial charge in [-0.25, -0.2) is 24.0 Å². The Balaban J connectivity index is 4.32. The molecule has 2 N–H and O–H groups in total. The van der Waals surface area contributed by atoms with Crippen LogP contribution < -0.4 is 10.6 Å². The van der Waals surface area contributed by atoms with Crippen LogP contribution in [0, 0.1) is 0 Å². The Kier molecular flexibility index (Phi) is 19.5. The number of alkyl carbamates (subject to hydrolysis) is 2. The number of amides is 2. The second-order valence-electron chi connectivity index (χ2n) is 9.95. The summed E-state index contributed by atoms with van der Waals surface area (Å²) in [6.07, 6.45) is 1.01. The molecule has 1 atom stereocenters. The number of carbonyl (C=O) groups excluding carboxylic acids is 5. The lowest BCUT2D eigenvalue weighted by Crippen LogP contribution is -2.35. The standard InChI is InChI=1S/C30H46N2O10/c1-20(2)13-14-24(17-38-26(33)21(3)4)41-29(36)31-15-11-9-10-12-16-32-30(37)42-25(18-39-27(34)22(5)6)19-40-28(35)23(7)8/h24-25H,1,3,5,7,9-19H2,2,4,6,8H3,(H,31,36)(H,32,37). The molecule has 0 radical (unpaired) electrons. The van der Waals surface area contributed by atoms with Crippen LogP contribution in [0.2, 0.25) is 0 Å². The van der Waals surface area contributed by atoms with E-state index in [2.05, 4.69) is 36.9 Å². The van der Waals surface area contributed by atoms with Gasteiger partial charge in [-0.2, -0.15) is 0 Å². The molecule has 0 aliphatic rings. The maximum absolute atomic E-state index is 12.2. The average molecular weight is 595 g/mol. The lowest BCUT2D eigenvalue weighted by atomic mass is 10.1. The molecule has 0 rings (SSSR count). The zero-order chi connectivity index (χ0) is 32.1. The van der Waals surface area contributed by atoms with Gasteiger partial charge >= 0.3 is 30.1 Å². The molecule has 2 amide bonds. The third-order valence-electron chi connectivity index (χ3n) is 5.33. The van der Waals surface area contributed by atoms with Crippen molar-refractivity contribution in [2.24, 2.45) is 0 Å². The van der Waals surface area contributed by atoms with Gasteiger partial charge in [0.15, 0.2) is 6.10 Å². The molecular formula is C30H46N2O10. The molecule has 42 heavy (non-hydrogen) atoms. The van der Waals surface area contributed by atoms with Crippen LogP contribution in [0.5, 0.6) is 0 Å². The van der Waals surface area contributed by atoms with Crippen molar-refractivity contribution in [3.05, 3.63) is 48.6 Å². The highest BCUT2D eigenvalue weighted by Gasteiger charge is 2.20. The molecule has 0 aromatic carbocycles. The minimum absolute atomic E-state index is 0.0676. The van der Waals surface area contributed by atoms with Crippen LogP contribution in [0.3, 0.4) is 0 Å². The number of carbonyl (C=O) groups is 5. The molecule has 236 valence electrons. The van der Waals surface area contributed by atoms with Crippen molar-refractivity contribution in [1.82, 2.24) is 10.6 Å². The number of nitrogens with one attached hydrogen (secondary N) is 2. The van der Waals surface area contributed by atoms with Crippen LogP contribution in [0.1, 0.15) is 66.2 Å². The summed E-state index contributed by atoms with van der Waals surface area (Å²) < 4.78 is 25.8. The van der Waals surface area contributed by atoms with E-state index in [1.807, 2.05) is 6.92 Å². The van der Waals surface area contributed by atoms with Crippen LogP contribution >= 0.6 is 0 Å². The van der Waals surface area contributed by atoms with E-state index in [0.29, 0.717) is 38.8 Å². The lowest BCUT2D eigenvalue weighted by Gasteiger charge is -2.18. The summed E-state index contributed by atoms with van der Waals surface area (Å²) in [5.41, 5.74) is 1.53. The quantitative estimate of drug-likeness (QED) is 0.0640. The zero-order valence-electron chi connectivity index (χ0n) is 25.3. The largest absolute Gasteiger partial charge is 0.458 e. The van der Waals surface area contributed by atoms with Crippen molar-refractivity contribution in [2.45, 2.75) is 78.4 Å². The van der Waals surface area contributed by atoms with Crippen LogP contribution in [0.25, 0.3) is 0 Å². The fourth-order valence-corrected chi connectivity index (χ4v) is 2.95. The molecule has 0 saturated heterocycles. The lowest BCUT2D eigenvalue weighted by molar-refractivity contribution is -0.147. The average Bonchev–Trinajstić information content (AvgIpc) is 2.91. The maximum atomic E-state index is 12.2. The van der Waals surface area contributed by atoms with E-state index in [1.165, 1.54) is 20.8 Å². The van der Waals surface area contributed by atoms with Gasteiger partial charge in [0.1, 0.15) is 25.9 Å². The van der Waals surface area contributed by atoms with Gasteiger partial charge in [0, 0.05) is 29.8 Å². The molecule has 0 bridgehead atoms. The molecule has 0 aliphatic heterocycles. The SMILES string of the molecule is C=C(C)CCC(COC(=O)C(=C)C)OC(=O)NCCCCCCNC(=O)OC(COC(=O)C(=C)C)COC(=O)C(=C)C. The van der Waals surface area contributed by atoms with E-state index >= 15 is 0 Å². The van der Waals surface area contributed by atoms with Crippen molar-refractivity contribution >= 4 is 30.1 Å². The van der Waals surface area contributed by atoms with Gasteiger partial charge < -0.3 is 34.3 Å². The van der Waals surface area contributed by atoms with Gasteiger partial charge in [-0.05, 0) is 53.4 Å². The highest BCUT2D eigenvalue weighted by molar-refractivity contribution is 5.87. The summed E-state index contributed by atoms with van der Waals surface area (Å²) in [5, 5.41) is 5.28. The van der Waals surface area contributed by atoms with Gasteiger partial charge in [-0.15, -0.1) is 6.58 Å². The van der Waals surface area contributed by atoms with Gasteiger partial charge in [-0.3, -0.25) is 0 Å². The number of unbranched alkanes of at least 4 members (excludes halogenated alkanes) is 3. The molecule has 0 spiro atoms. The van der Waals surface area contributed by atoms with E-state index < -0.39 is 42.3 Å². The summed E-state index contributed by atoms with van der Waals surface area (Å²) in [6.45, 7) is 20.7. The molecular weight excluding hydrogens is 548 g/mol. The molecule has 0 aromatic heterocycles. The number of allylic oxidation sites excluding steroid dienone is 1. The predicted octanol–water partition coefficient (Wildman–Crippen LogP) is 4.45. The van der Waals surface area contributed by atoms with E-state index in [1.54, 1.807) is 0 Å². The Labute approximate surface area is 248 Å². The van der Waals surface area contributed by atoms with E-state index in [9.17, 15) is 24.0 Å². The number of rotatable bonds is 21. The number of esters is 3. The van der Waals surface area contributed by atoms with Gasteiger partial charge in [0.2, 0.25) is 0 Å². The first-order chi connectivity index (χ1) is 19.7. The Morgan fingerprint density at radius 1 is 0.571 bits per heavy atom. The Morgan fingerprint density at radius 3 is 1.29 bits per heavy atom. The summed E-state index contributed by atoms with van der Waals surface area (Å²) in [4.78, 5) is 59.3. The monoisotopic (exact) mass is 594 g/mol. The molecule has 0 aliphatic carbocycles. The predicted molar refractivity (Wildman–Crippen MR) is 156 cm³/mol. The topological polar surface area (TPSA) is 156 Å². The van der Waals surface area contributed by atoms with Crippen molar-refractivity contribution in [3.63, 3.8) is 0 Å². The van der Waals surface area contributed by atoms with Crippen LogP contribution in [0.15, 0.2) is 48.6 Å². The highest BCUT2D eigenvalue weighted by Crippen LogP contribution is 2.10. The highest BCUT2D eigenvalue weighted by atomic mass is 16.6. The van der Waals surface area contributed by atoms with Crippen molar-refractivity contribution in [3.8, 4) is 0 Å². The van der Waals surface area contributed by atoms with Crippen molar-refractivity contribution in [2.75, 3.05) is 32.9 Å².